The Kier molecular flexibility index (Phi) is 4.51. The molecule has 3 aromatic heterocycles. The van der Waals surface area contributed by atoms with Gasteiger partial charge in [0.25, 0.3) is 10.0 Å². The minimum atomic E-state index is -3.83. The van der Waals surface area contributed by atoms with Gasteiger partial charge >= 0.3 is 0 Å². The van der Waals surface area contributed by atoms with Crippen molar-refractivity contribution >= 4 is 32.4 Å². The van der Waals surface area contributed by atoms with Crippen LogP contribution in [-0.2, 0) is 23.5 Å². The zero-order valence-electron chi connectivity index (χ0n) is 17.6. The molecule has 0 fully saturated rings. The second kappa shape index (κ2) is 7.12. The van der Waals surface area contributed by atoms with Gasteiger partial charge in [-0.1, -0.05) is 12.1 Å². The Morgan fingerprint density at radius 3 is 2.77 bits per heavy atom. The van der Waals surface area contributed by atoms with Crippen LogP contribution < -0.4 is 10.0 Å². The summed E-state index contributed by atoms with van der Waals surface area (Å²) >= 11 is 0. The van der Waals surface area contributed by atoms with E-state index in [4.69, 9.17) is 0 Å². The molecule has 1 aliphatic rings. The lowest BCUT2D eigenvalue weighted by molar-refractivity contribution is 0.593. The number of pyridine rings is 1. The maximum Gasteiger partial charge on any atom is 0.281 e. The molecule has 0 bridgehead atoms. The first kappa shape index (κ1) is 19.6. The van der Waals surface area contributed by atoms with Crippen molar-refractivity contribution in [1.82, 2.24) is 19.3 Å². The van der Waals surface area contributed by atoms with Crippen molar-refractivity contribution in [2.75, 3.05) is 16.6 Å². The number of fused-ring (bicyclic) bond motifs is 2. The minimum absolute atomic E-state index is 0.0217. The first-order chi connectivity index (χ1) is 14.8. The molecule has 2 N–H and O–H groups in total. The smallest absolute Gasteiger partial charge is 0.281 e. The average Bonchev–Trinajstić information content (AvgIpc) is 3.45. The van der Waals surface area contributed by atoms with Gasteiger partial charge < -0.3 is 9.88 Å². The van der Waals surface area contributed by atoms with Crippen LogP contribution in [0.3, 0.4) is 0 Å². The molecule has 0 amide bonds. The van der Waals surface area contributed by atoms with E-state index in [0.29, 0.717) is 5.69 Å². The summed E-state index contributed by atoms with van der Waals surface area (Å²) in [5.74, 6) is 0. The highest BCUT2D eigenvalue weighted by molar-refractivity contribution is 7.92. The summed E-state index contributed by atoms with van der Waals surface area (Å²) in [5.41, 5.74) is 5.60. The SMILES string of the molecule is CC(C)n1cc(-c2ccc3c(c2)NCC3)c2c(NS(=O)(=O)c3ccn(C)n3)ccnc21. The monoisotopic (exact) mass is 436 g/mol. The zero-order valence-corrected chi connectivity index (χ0v) is 18.4. The van der Waals surface area contributed by atoms with Gasteiger partial charge in [-0.15, -0.1) is 0 Å². The molecular formula is C22H24N6O2S. The Labute approximate surface area is 181 Å². The Morgan fingerprint density at radius 2 is 2.03 bits per heavy atom. The summed E-state index contributed by atoms with van der Waals surface area (Å²) in [6.45, 7) is 5.10. The number of aryl methyl sites for hydroxylation is 1. The summed E-state index contributed by atoms with van der Waals surface area (Å²) in [6, 6.07) is 9.70. The topological polar surface area (TPSA) is 93.8 Å². The quantitative estimate of drug-likeness (QED) is 0.496. The average molecular weight is 437 g/mol. The molecule has 0 unspecified atom stereocenters. The van der Waals surface area contributed by atoms with Gasteiger partial charge in [-0.05, 0) is 49.6 Å². The first-order valence-corrected chi connectivity index (χ1v) is 11.7. The standard InChI is InChI=1S/C22H24N6O2S/c1-14(2)28-13-17(16-5-4-15-6-9-23-19(15)12-16)21-18(7-10-24-22(21)28)26-31(29,30)20-8-11-27(3)25-20/h4-5,7-8,10-14,23H,6,9H2,1-3H3,(H,24,26). The van der Waals surface area contributed by atoms with Crippen LogP contribution in [0.15, 0.2) is 53.9 Å². The Balaban J connectivity index is 1.69. The number of hydrogen-bond donors (Lipinski definition) is 2. The van der Waals surface area contributed by atoms with Crippen LogP contribution >= 0.6 is 0 Å². The van der Waals surface area contributed by atoms with Crippen LogP contribution in [0.25, 0.3) is 22.2 Å². The fraction of sp³-hybridized carbons (Fsp3) is 0.273. The molecule has 4 aromatic rings. The molecule has 0 saturated carbocycles. The number of rotatable bonds is 5. The van der Waals surface area contributed by atoms with Crippen LogP contribution in [0.2, 0.25) is 0 Å². The van der Waals surface area contributed by atoms with Gasteiger partial charge in [0.1, 0.15) is 5.65 Å². The van der Waals surface area contributed by atoms with Gasteiger partial charge in [0.2, 0.25) is 0 Å². The Bertz CT molecular complexity index is 1400. The minimum Gasteiger partial charge on any atom is -0.384 e. The van der Waals surface area contributed by atoms with E-state index < -0.39 is 10.0 Å². The van der Waals surface area contributed by atoms with Crippen molar-refractivity contribution in [3.05, 3.63) is 54.5 Å². The van der Waals surface area contributed by atoms with Gasteiger partial charge in [0.15, 0.2) is 5.03 Å². The van der Waals surface area contributed by atoms with Gasteiger partial charge in [-0.25, -0.2) is 4.98 Å². The predicted octanol–water partition coefficient (Wildman–Crippen LogP) is 3.79. The van der Waals surface area contributed by atoms with E-state index in [1.807, 2.05) is 0 Å². The van der Waals surface area contributed by atoms with Crippen molar-refractivity contribution in [1.29, 1.82) is 0 Å². The number of nitrogens with zero attached hydrogens (tertiary/aromatic N) is 4. The second-order valence-electron chi connectivity index (χ2n) is 8.08. The molecule has 4 heterocycles. The number of benzene rings is 1. The lowest BCUT2D eigenvalue weighted by Crippen LogP contribution is -2.14. The predicted molar refractivity (Wildman–Crippen MR) is 122 cm³/mol. The number of aromatic nitrogens is 4. The van der Waals surface area contributed by atoms with E-state index >= 15 is 0 Å². The lowest BCUT2D eigenvalue weighted by atomic mass is 10.0. The maximum atomic E-state index is 13.0. The molecule has 0 radical (unpaired) electrons. The third kappa shape index (κ3) is 3.34. The number of anilines is 2. The van der Waals surface area contributed by atoms with Crippen molar-refractivity contribution in [3.63, 3.8) is 0 Å². The van der Waals surface area contributed by atoms with E-state index in [1.54, 1.807) is 25.5 Å². The fourth-order valence-corrected chi connectivity index (χ4v) is 5.11. The molecular weight excluding hydrogens is 412 g/mol. The summed E-state index contributed by atoms with van der Waals surface area (Å²) in [7, 11) is -2.15. The second-order valence-corrected chi connectivity index (χ2v) is 9.71. The maximum absolute atomic E-state index is 13.0. The highest BCUT2D eigenvalue weighted by Crippen LogP contribution is 2.39. The normalized spacial score (nSPS) is 13.5. The van der Waals surface area contributed by atoms with Gasteiger partial charge in [-0.2, -0.15) is 13.5 Å². The van der Waals surface area contributed by atoms with Crippen LogP contribution in [0, 0.1) is 0 Å². The summed E-state index contributed by atoms with van der Waals surface area (Å²) < 4.78 is 32.2. The summed E-state index contributed by atoms with van der Waals surface area (Å²) in [4.78, 5) is 4.58. The van der Waals surface area contributed by atoms with E-state index in [-0.39, 0.29) is 11.1 Å². The van der Waals surface area contributed by atoms with Gasteiger partial charge in [0, 0.05) is 49.5 Å². The zero-order chi connectivity index (χ0) is 21.8. The summed E-state index contributed by atoms with van der Waals surface area (Å²) in [5, 5.41) is 8.22. The lowest BCUT2D eigenvalue weighted by Gasteiger charge is -2.11. The first-order valence-electron chi connectivity index (χ1n) is 10.2. The molecule has 0 saturated heterocycles. The van der Waals surface area contributed by atoms with E-state index in [1.165, 1.54) is 16.3 Å². The molecule has 1 aromatic carbocycles. The molecule has 0 aliphatic carbocycles. The number of sulfonamides is 1. The molecule has 1 aliphatic heterocycles. The van der Waals surface area contributed by atoms with Gasteiger partial charge in [0.05, 0.1) is 11.1 Å². The summed E-state index contributed by atoms with van der Waals surface area (Å²) in [6.07, 6.45) is 6.30. The van der Waals surface area contributed by atoms with Crippen molar-refractivity contribution in [2.24, 2.45) is 7.05 Å². The third-order valence-corrected chi connectivity index (χ3v) is 6.87. The Hall–Kier alpha value is -3.33. The van der Waals surface area contributed by atoms with Crippen LogP contribution in [0.5, 0.6) is 0 Å². The number of nitrogens with one attached hydrogen (secondary N) is 2. The third-order valence-electron chi connectivity index (χ3n) is 5.61. The van der Waals surface area contributed by atoms with E-state index in [2.05, 4.69) is 62.9 Å². The van der Waals surface area contributed by atoms with Crippen molar-refractivity contribution in [3.8, 4) is 11.1 Å². The van der Waals surface area contributed by atoms with Crippen molar-refractivity contribution < 1.29 is 8.42 Å². The molecule has 5 rings (SSSR count). The highest BCUT2D eigenvalue weighted by atomic mass is 32.2. The molecule has 8 nitrogen and oxygen atoms in total. The molecule has 31 heavy (non-hydrogen) atoms. The number of hydrogen-bond acceptors (Lipinski definition) is 5. The fourth-order valence-electron chi connectivity index (χ4n) is 4.07. The van der Waals surface area contributed by atoms with E-state index in [9.17, 15) is 8.42 Å². The van der Waals surface area contributed by atoms with Gasteiger partial charge in [-0.3, -0.25) is 9.40 Å². The molecule has 0 spiro atoms. The molecule has 0 atom stereocenters. The highest BCUT2D eigenvalue weighted by Gasteiger charge is 2.23. The van der Waals surface area contributed by atoms with Crippen LogP contribution in [-0.4, -0.2) is 34.3 Å². The van der Waals surface area contributed by atoms with E-state index in [0.717, 1.165) is 40.8 Å². The van der Waals surface area contributed by atoms with Crippen molar-refractivity contribution in [2.45, 2.75) is 31.3 Å². The van der Waals surface area contributed by atoms with Crippen LogP contribution in [0.4, 0.5) is 11.4 Å². The molecule has 9 heteroatoms. The Morgan fingerprint density at radius 1 is 1.19 bits per heavy atom. The molecule has 160 valence electrons. The largest absolute Gasteiger partial charge is 0.384 e. The van der Waals surface area contributed by atoms with Crippen LogP contribution in [0.1, 0.15) is 25.5 Å².